The van der Waals surface area contributed by atoms with Gasteiger partial charge in [0.2, 0.25) is 0 Å². The van der Waals surface area contributed by atoms with Crippen LogP contribution in [-0.4, -0.2) is 30.6 Å². The SMILES string of the molecule is O=C(O)c1c(-c2ccc(Oc3ccccc3)cc2)[nH]c2c(-c3ccc([N+](=O)[O-])cc3)cnn12. The highest BCUT2D eigenvalue weighted by atomic mass is 16.6. The van der Waals surface area contributed by atoms with Gasteiger partial charge in [0.25, 0.3) is 5.69 Å². The maximum absolute atomic E-state index is 12.1. The minimum absolute atomic E-state index is 0.0186. The number of nitrogens with zero attached hydrogens (tertiary/aromatic N) is 3. The van der Waals surface area contributed by atoms with Crippen LogP contribution in [0.3, 0.4) is 0 Å². The monoisotopic (exact) mass is 440 g/mol. The zero-order valence-corrected chi connectivity index (χ0v) is 17.0. The fourth-order valence-electron chi connectivity index (χ4n) is 3.62. The van der Waals surface area contributed by atoms with Gasteiger partial charge < -0.3 is 14.8 Å². The van der Waals surface area contributed by atoms with Crippen LogP contribution in [0.4, 0.5) is 5.69 Å². The van der Waals surface area contributed by atoms with Crippen LogP contribution < -0.4 is 4.74 Å². The van der Waals surface area contributed by atoms with Crippen molar-refractivity contribution >= 4 is 17.3 Å². The number of carbonyl (C=O) groups is 1. The van der Waals surface area contributed by atoms with Gasteiger partial charge in [-0.2, -0.15) is 5.10 Å². The molecule has 2 N–H and O–H groups in total. The number of nitro benzene ring substituents is 1. The fraction of sp³-hybridized carbons (Fsp3) is 0. The first-order valence-electron chi connectivity index (χ1n) is 9.92. The van der Waals surface area contributed by atoms with E-state index in [2.05, 4.69) is 10.1 Å². The molecule has 0 atom stereocenters. The van der Waals surface area contributed by atoms with Gasteiger partial charge in [0.1, 0.15) is 17.1 Å². The molecule has 0 radical (unpaired) electrons. The van der Waals surface area contributed by atoms with E-state index in [4.69, 9.17) is 4.74 Å². The van der Waals surface area contributed by atoms with E-state index in [1.165, 1.54) is 22.8 Å². The molecule has 0 unspecified atom stereocenters. The third-order valence-corrected chi connectivity index (χ3v) is 5.17. The van der Waals surface area contributed by atoms with E-state index in [-0.39, 0.29) is 11.4 Å². The van der Waals surface area contributed by atoms with Crippen molar-refractivity contribution in [1.29, 1.82) is 0 Å². The number of carboxylic acid groups (broad SMARTS) is 1. The van der Waals surface area contributed by atoms with Crippen molar-refractivity contribution in [3.63, 3.8) is 0 Å². The van der Waals surface area contributed by atoms with Crippen molar-refractivity contribution in [3.8, 4) is 33.9 Å². The minimum atomic E-state index is -1.14. The quantitative estimate of drug-likeness (QED) is 0.269. The minimum Gasteiger partial charge on any atom is -0.476 e. The number of benzene rings is 3. The molecule has 0 bridgehead atoms. The van der Waals surface area contributed by atoms with E-state index in [1.807, 2.05) is 30.3 Å². The molecule has 0 saturated heterocycles. The van der Waals surface area contributed by atoms with Gasteiger partial charge in [0.05, 0.1) is 16.8 Å². The molecule has 9 heteroatoms. The molecule has 0 amide bonds. The largest absolute Gasteiger partial charge is 0.476 e. The summed E-state index contributed by atoms with van der Waals surface area (Å²) in [5, 5.41) is 25.0. The lowest BCUT2D eigenvalue weighted by Gasteiger charge is -2.06. The number of imidazole rings is 1. The smallest absolute Gasteiger partial charge is 0.356 e. The lowest BCUT2D eigenvalue weighted by molar-refractivity contribution is -0.384. The predicted octanol–water partition coefficient (Wildman–Crippen LogP) is 5.40. The highest BCUT2D eigenvalue weighted by Gasteiger charge is 2.23. The molecular weight excluding hydrogens is 424 g/mol. The van der Waals surface area contributed by atoms with Gasteiger partial charge in [-0.15, -0.1) is 0 Å². The number of nitro groups is 1. The number of para-hydroxylation sites is 1. The summed E-state index contributed by atoms with van der Waals surface area (Å²) >= 11 is 0. The lowest BCUT2D eigenvalue weighted by atomic mass is 10.1. The van der Waals surface area contributed by atoms with E-state index in [0.717, 1.165) is 0 Å². The normalized spacial score (nSPS) is 10.9. The van der Waals surface area contributed by atoms with E-state index in [1.54, 1.807) is 36.4 Å². The summed E-state index contributed by atoms with van der Waals surface area (Å²) in [7, 11) is 0. The molecule has 2 aromatic heterocycles. The molecule has 5 rings (SSSR count). The van der Waals surface area contributed by atoms with Gasteiger partial charge in [-0.05, 0) is 54.1 Å². The summed E-state index contributed by atoms with van der Waals surface area (Å²) in [4.78, 5) is 25.7. The van der Waals surface area contributed by atoms with Gasteiger partial charge >= 0.3 is 5.97 Å². The Bertz CT molecular complexity index is 1470. The van der Waals surface area contributed by atoms with Gasteiger partial charge in [-0.1, -0.05) is 18.2 Å². The Labute approximate surface area is 186 Å². The van der Waals surface area contributed by atoms with Crippen molar-refractivity contribution in [1.82, 2.24) is 14.6 Å². The van der Waals surface area contributed by atoms with Crippen LogP contribution in [0.2, 0.25) is 0 Å². The van der Waals surface area contributed by atoms with Crippen LogP contribution in [0.1, 0.15) is 10.5 Å². The highest BCUT2D eigenvalue weighted by Crippen LogP contribution is 2.32. The number of ether oxygens (including phenoxy) is 1. The highest BCUT2D eigenvalue weighted by molar-refractivity contribution is 5.96. The number of hydrogen-bond acceptors (Lipinski definition) is 5. The molecule has 0 aliphatic rings. The van der Waals surface area contributed by atoms with Crippen molar-refractivity contribution in [3.05, 3.63) is 101 Å². The molecule has 3 aromatic carbocycles. The molecule has 33 heavy (non-hydrogen) atoms. The summed E-state index contributed by atoms with van der Waals surface area (Å²) in [5.74, 6) is 0.173. The van der Waals surface area contributed by atoms with E-state index < -0.39 is 10.9 Å². The number of carboxylic acids is 1. The fourth-order valence-corrected chi connectivity index (χ4v) is 3.62. The number of hydrogen-bond donors (Lipinski definition) is 2. The van der Waals surface area contributed by atoms with Crippen molar-refractivity contribution < 1.29 is 19.6 Å². The summed E-state index contributed by atoms with van der Waals surface area (Å²) in [5.41, 5.74) is 2.76. The van der Waals surface area contributed by atoms with Crippen LogP contribution in [0, 0.1) is 10.1 Å². The van der Waals surface area contributed by atoms with Crippen molar-refractivity contribution in [2.24, 2.45) is 0 Å². The molecule has 0 saturated carbocycles. The Balaban J connectivity index is 1.53. The number of aromatic nitrogens is 3. The van der Waals surface area contributed by atoms with Gasteiger partial charge in [0, 0.05) is 23.3 Å². The van der Waals surface area contributed by atoms with Crippen LogP contribution in [-0.2, 0) is 0 Å². The molecule has 0 spiro atoms. The van der Waals surface area contributed by atoms with Crippen LogP contribution in [0.5, 0.6) is 11.5 Å². The summed E-state index contributed by atoms with van der Waals surface area (Å²) < 4.78 is 7.12. The average Bonchev–Trinajstić information content (AvgIpc) is 3.40. The van der Waals surface area contributed by atoms with Gasteiger partial charge in [-0.3, -0.25) is 10.1 Å². The number of rotatable bonds is 6. The second-order valence-corrected chi connectivity index (χ2v) is 7.22. The first-order valence-corrected chi connectivity index (χ1v) is 9.92. The molecule has 2 heterocycles. The first kappa shape index (κ1) is 20.0. The van der Waals surface area contributed by atoms with Crippen LogP contribution in [0.25, 0.3) is 28.0 Å². The lowest BCUT2D eigenvalue weighted by Crippen LogP contribution is -2.04. The van der Waals surface area contributed by atoms with E-state index >= 15 is 0 Å². The first-order chi connectivity index (χ1) is 16.0. The summed E-state index contributed by atoms with van der Waals surface area (Å²) in [6.45, 7) is 0. The van der Waals surface area contributed by atoms with E-state index in [9.17, 15) is 20.0 Å². The number of fused-ring (bicyclic) bond motifs is 1. The molecule has 5 aromatic rings. The Kier molecular flexibility index (Phi) is 4.83. The summed E-state index contributed by atoms with van der Waals surface area (Å²) in [6, 6.07) is 22.4. The maximum atomic E-state index is 12.1. The molecule has 9 nitrogen and oxygen atoms in total. The van der Waals surface area contributed by atoms with E-state index in [0.29, 0.717) is 39.5 Å². The molecule has 0 aliphatic heterocycles. The van der Waals surface area contributed by atoms with Crippen LogP contribution >= 0.6 is 0 Å². The molecular formula is C24H16N4O5. The number of H-pyrrole nitrogens is 1. The average molecular weight is 440 g/mol. The summed E-state index contributed by atoms with van der Waals surface area (Å²) in [6.07, 6.45) is 1.53. The third-order valence-electron chi connectivity index (χ3n) is 5.17. The Morgan fingerprint density at radius 2 is 1.58 bits per heavy atom. The standard InChI is InChI=1S/C24H16N4O5/c29-24(30)22-21(16-8-12-19(13-9-16)33-18-4-2-1-3-5-18)26-23-20(14-25-27(22)23)15-6-10-17(11-7-15)28(31)32/h1-14,26H,(H,29,30). The number of non-ortho nitro benzene ring substituents is 1. The topological polar surface area (TPSA) is 123 Å². The molecule has 0 fully saturated rings. The molecule has 0 aliphatic carbocycles. The number of aromatic carboxylic acids is 1. The van der Waals surface area contributed by atoms with Crippen molar-refractivity contribution in [2.75, 3.05) is 0 Å². The molecule has 162 valence electrons. The second-order valence-electron chi connectivity index (χ2n) is 7.22. The Morgan fingerprint density at radius 1 is 0.939 bits per heavy atom. The second kappa shape index (κ2) is 7.97. The van der Waals surface area contributed by atoms with Crippen LogP contribution in [0.15, 0.2) is 85.1 Å². The number of nitrogens with one attached hydrogen (secondary N) is 1. The van der Waals surface area contributed by atoms with Gasteiger partial charge in [-0.25, -0.2) is 9.31 Å². The third kappa shape index (κ3) is 3.68. The zero-order valence-electron chi connectivity index (χ0n) is 17.0. The van der Waals surface area contributed by atoms with Crippen molar-refractivity contribution in [2.45, 2.75) is 0 Å². The van der Waals surface area contributed by atoms with Gasteiger partial charge in [0.15, 0.2) is 5.69 Å². The Morgan fingerprint density at radius 3 is 2.21 bits per heavy atom. The number of aromatic amines is 1. The Hall–Kier alpha value is -4.92. The maximum Gasteiger partial charge on any atom is 0.356 e. The zero-order chi connectivity index (χ0) is 22.9. The predicted molar refractivity (Wildman–Crippen MR) is 121 cm³/mol.